The molecule has 1 aliphatic rings. The Morgan fingerprint density at radius 3 is 1.50 bits per heavy atom. The van der Waals surface area contributed by atoms with Crippen LogP contribution >= 0.6 is 12.4 Å². The van der Waals surface area contributed by atoms with E-state index < -0.39 is 5.60 Å². The molecule has 0 radical (unpaired) electrons. The van der Waals surface area contributed by atoms with E-state index in [1.807, 2.05) is 6.92 Å². The van der Waals surface area contributed by atoms with Crippen molar-refractivity contribution in [1.29, 1.82) is 0 Å². The quantitative estimate of drug-likeness (QED) is 0.679. The van der Waals surface area contributed by atoms with Gasteiger partial charge in [-0.05, 0) is 54.5 Å². The summed E-state index contributed by atoms with van der Waals surface area (Å²) >= 11 is 0. The van der Waals surface area contributed by atoms with Crippen LogP contribution in [0.15, 0.2) is 0 Å². The third-order valence-electron chi connectivity index (χ3n) is 3.44. The molecule has 1 fully saturated rings. The lowest BCUT2D eigenvalue weighted by atomic mass is 9.72. The first-order valence-corrected chi connectivity index (χ1v) is 5.03. The van der Waals surface area contributed by atoms with Crippen LogP contribution in [-0.2, 0) is 0 Å². The van der Waals surface area contributed by atoms with Gasteiger partial charge in [-0.2, -0.15) is 0 Å². The lowest BCUT2D eigenvalue weighted by molar-refractivity contribution is -0.114. The summed E-state index contributed by atoms with van der Waals surface area (Å²) in [4.78, 5) is 2.37. The Hall–Kier alpha value is 0.210. The average molecular weight is 222 g/mol. The van der Waals surface area contributed by atoms with Gasteiger partial charge in [0.2, 0.25) is 0 Å². The molecular weight excluding hydrogens is 198 g/mol. The van der Waals surface area contributed by atoms with E-state index >= 15 is 0 Å². The van der Waals surface area contributed by atoms with Gasteiger partial charge in [0.1, 0.15) is 0 Å². The van der Waals surface area contributed by atoms with E-state index in [0.29, 0.717) is 0 Å². The Morgan fingerprint density at radius 2 is 1.21 bits per heavy atom. The number of nitrogens with zero attached hydrogens (tertiary/aromatic N) is 1. The molecule has 0 aromatic carbocycles. The molecule has 1 rings (SSSR count). The highest BCUT2D eigenvalue weighted by Gasteiger charge is 2.47. The van der Waals surface area contributed by atoms with Crippen LogP contribution in [0.2, 0.25) is 0 Å². The Labute approximate surface area is 94.1 Å². The molecule has 0 bridgehead atoms. The molecule has 1 N–H and O–H groups in total. The van der Waals surface area contributed by atoms with Crippen molar-refractivity contribution in [2.75, 3.05) is 7.05 Å². The molecule has 0 aromatic rings. The predicted octanol–water partition coefficient (Wildman–Crippen LogP) is 2.44. The Balaban J connectivity index is 0.00000169. The van der Waals surface area contributed by atoms with E-state index in [9.17, 15) is 5.11 Å². The highest BCUT2D eigenvalue weighted by atomic mass is 35.5. The molecule has 1 aliphatic heterocycles. The largest absolute Gasteiger partial charge is 0.390 e. The Kier molecular flexibility index (Phi) is 3.71. The third-order valence-corrected chi connectivity index (χ3v) is 3.44. The molecule has 0 aliphatic carbocycles. The molecule has 2 nitrogen and oxygen atoms in total. The van der Waals surface area contributed by atoms with Gasteiger partial charge in [0.15, 0.2) is 0 Å². The standard InChI is InChI=1S/C11H23NO.ClH/c1-9(2)7-11(5,13)8-10(3,4)12(9)6;/h13H,7-8H2,1-6H3;1H. The van der Waals surface area contributed by atoms with Crippen LogP contribution in [0, 0.1) is 0 Å². The van der Waals surface area contributed by atoms with Gasteiger partial charge in [-0.25, -0.2) is 0 Å². The van der Waals surface area contributed by atoms with Crippen LogP contribution in [0.3, 0.4) is 0 Å². The van der Waals surface area contributed by atoms with Gasteiger partial charge in [-0.15, -0.1) is 12.4 Å². The summed E-state index contributed by atoms with van der Waals surface area (Å²) in [6.45, 7) is 10.7. The van der Waals surface area contributed by atoms with Crippen molar-refractivity contribution in [2.24, 2.45) is 0 Å². The maximum Gasteiger partial charge on any atom is 0.0654 e. The molecular formula is C11H24ClNO. The fourth-order valence-electron chi connectivity index (χ4n) is 2.98. The number of likely N-dealkylation sites (tertiary alicyclic amines) is 1. The maximum absolute atomic E-state index is 10.1. The molecule has 3 heteroatoms. The van der Waals surface area contributed by atoms with E-state index in [-0.39, 0.29) is 23.5 Å². The van der Waals surface area contributed by atoms with Crippen LogP contribution in [-0.4, -0.2) is 33.7 Å². The van der Waals surface area contributed by atoms with E-state index in [1.54, 1.807) is 0 Å². The van der Waals surface area contributed by atoms with Crippen molar-refractivity contribution in [3.05, 3.63) is 0 Å². The van der Waals surface area contributed by atoms with Crippen molar-refractivity contribution in [3.63, 3.8) is 0 Å². The molecule has 1 saturated heterocycles. The van der Waals surface area contributed by atoms with Crippen LogP contribution < -0.4 is 0 Å². The minimum Gasteiger partial charge on any atom is -0.390 e. The Bertz CT molecular complexity index is 191. The second-order valence-electron chi connectivity index (χ2n) is 6.03. The predicted molar refractivity (Wildman–Crippen MR) is 63.0 cm³/mol. The number of hydrogen-bond acceptors (Lipinski definition) is 2. The minimum absolute atomic E-state index is 0. The summed E-state index contributed by atoms with van der Waals surface area (Å²) in [5, 5.41) is 10.1. The van der Waals surface area contributed by atoms with Gasteiger partial charge >= 0.3 is 0 Å². The second kappa shape index (κ2) is 3.66. The number of hydrogen-bond donors (Lipinski definition) is 1. The zero-order chi connectivity index (χ0) is 10.5. The summed E-state index contributed by atoms with van der Waals surface area (Å²) in [5.41, 5.74) is -0.337. The summed E-state index contributed by atoms with van der Waals surface area (Å²) in [7, 11) is 2.15. The lowest BCUT2D eigenvalue weighted by Crippen LogP contribution is -2.63. The molecule has 14 heavy (non-hydrogen) atoms. The number of rotatable bonds is 0. The SMILES string of the molecule is CN1C(C)(C)CC(C)(O)CC1(C)C.Cl. The highest BCUT2D eigenvalue weighted by molar-refractivity contribution is 5.85. The van der Waals surface area contributed by atoms with E-state index in [2.05, 4.69) is 39.6 Å². The molecule has 0 saturated carbocycles. The monoisotopic (exact) mass is 221 g/mol. The fourth-order valence-corrected chi connectivity index (χ4v) is 2.98. The van der Waals surface area contributed by atoms with Crippen molar-refractivity contribution in [3.8, 4) is 0 Å². The van der Waals surface area contributed by atoms with E-state index in [1.165, 1.54) is 0 Å². The van der Waals surface area contributed by atoms with Crippen molar-refractivity contribution in [2.45, 2.75) is 64.1 Å². The summed E-state index contributed by atoms with van der Waals surface area (Å²) < 4.78 is 0. The molecule has 86 valence electrons. The van der Waals surface area contributed by atoms with Gasteiger partial charge in [-0.1, -0.05) is 0 Å². The van der Waals surface area contributed by atoms with Gasteiger partial charge in [0.25, 0.3) is 0 Å². The van der Waals surface area contributed by atoms with Gasteiger partial charge in [-0.3, -0.25) is 4.90 Å². The smallest absolute Gasteiger partial charge is 0.0654 e. The molecule has 0 unspecified atom stereocenters. The van der Waals surface area contributed by atoms with Crippen LogP contribution in [0.5, 0.6) is 0 Å². The zero-order valence-corrected chi connectivity index (χ0v) is 11.0. The topological polar surface area (TPSA) is 23.5 Å². The lowest BCUT2D eigenvalue weighted by Gasteiger charge is -2.55. The van der Waals surface area contributed by atoms with Gasteiger partial charge in [0, 0.05) is 11.1 Å². The first-order valence-electron chi connectivity index (χ1n) is 5.03. The van der Waals surface area contributed by atoms with Crippen LogP contribution in [0.4, 0.5) is 0 Å². The first kappa shape index (κ1) is 14.2. The van der Waals surface area contributed by atoms with Crippen molar-refractivity contribution in [1.82, 2.24) is 4.90 Å². The normalized spacial score (nSPS) is 29.4. The second-order valence-corrected chi connectivity index (χ2v) is 6.03. The first-order chi connectivity index (χ1) is 5.57. The number of piperidine rings is 1. The molecule has 0 atom stereocenters. The molecule has 0 amide bonds. The third kappa shape index (κ3) is 2.62. The highest BCUT2D eigenvalue weighted by Crippen LogP contribution is 2.41. The average Bonchev–Trinajstić information content (AvgIpc) is 1.77. The van der Waals surface area contributed by atoms with E-state index in [4.69, 9.17) is 0 Å². The Morgan fingerprint density at radius 1 is 0.929 bits per heavy atom. The number of aliphatic hydroxyl groups is 1. The summed E-state index contributed by atoms with van der Waals surface area (Å²) in [6.07, 6.45) is 1.69. The zero-order valence-electron chi connectivity index (χ0n) is 10.2. The van der Waals surface area contributed by atoms with Crippen molar-refractivity contribution >= 4 is 12.4 Å². The maximum atomic E-state index is 10.1. The summed E-state index contributed by atoms with van der Waals surface area (Å²) in [5.74, 6) is 0. The summed E-state index contributed by atoms with van der Waals surface area (Å²) in [6, 6.07) is 0. The van der Waals surface area contributed by atoms with Crippen LogP contribution in [0.25, 0.3) is 0 Å². The molecule has 0 spiro atoms. The number of halogens is 1. The van der Waals surface area contributed by atoms with Crippen LogP contribution in [0.1, 0.15) is 47.5 Å². The van der Waals surface area contributed by atoms with Gasteiger partial charge < -0.3 is 5.11 Å². The van der Waals surface area contributed by atoms with Crippen molar-refractivity contribution < 1.29 is 5.11 Å². The molecule has 1 heterocycles. The van der Waals surface area contributed by atoms with Gasteiger partial charge in [0.05, 0.1) is 5.60 Å². The fraction of sp³-hybridized carbons (Fsp3) is 1.00. The van der Waals surface area contributed by atoms with E-state index in [0.717, 1.165) is 12.8 Å². The molecule has 0 aromatic heterocycles. The minimum atomic E-state index is -0.514.